The summed E-state index contributed by atoms with van der Waals surface area (Å²) in [4.78, 5) is 27.5. The molecule has 1 aliphatic heterocycles. The number of nitrogens with zero attached hydrogens (tertiary/aromatic N) is 1. The van der Waals surface area contributed by atoms with E-state index >= 15 is 0 Å². The molecule has 1 heterocycles. The van der Waals surface area contributed by atoms with Crippen molar-refractivity contribution in [2.45, 2.75) is 32.6 Å². The van der Waals surface area contributed by atoms with E-state index in [0.29, 0.717) is 32.5 Å². The lowest BCUT2D eigenvalue weighted by atomic mass is 9.79. The minimum Gasteiger partial charge on any atom is -0.496 e. The molecule has 5 heteroatoms. The summed E-state index contributed by atoms with van der Waals surface area (Å²) in [6, 6.07) is 16.3. The Morgan fingerprint density at radius 1 is 1.13 bits per heavy atom. The van der Waals surface area contributed by atoms with Gasteiger partial charge in [0.1, 0.15) is 5.75 Å². The number of rotatable bonds is 7. The fourth-order valence-electron chi connectivity index (χ4n) is 4.48. The summed E-state index contributed by atoms with van der Waals surface area (Å²) in [7, 11) is 1.68. The minimum absolute atomic E-state index is 0.0601. The highest BCUT2D eigenvalue weighted by atomic mass is 16.5. The molecule has 4 rings (SSSR count). The third-order valence-electron chi connectivity index (χ3n) is 6.33. The fourth-order valence-corrected chi connectivity index (χ4v) is 4.48. The predicted octanol–water partition coefficient (Wildman–Crippen LogP) is 3.67. The quantitative estimate of drug-likeness (QED) is 0.763. The molecular weight excluding hydrogens is 376 g/mol. The van der Waals surface area contributed by atoms with Crippen LogP contribution in [0.25, 0.3) is 11.1 Å². The van der Waals surface area contributed by atoms with Crippen LogP contribution in [-0.4, -0.2) is 43.5 Å². The van der Waals surface area contributed by atoms with Crippen LogP contribution in [0, 0.1) is 11.3 Å². The first-order valence-corrected chi connectivity index (χ1v) is 10.9. The van der Waals surface area contributed by atoms with Crippen LogP contribution in [-0.2, 0) is 16.0 Å². The Labute approximate surface area is 178 Å². The molecular formula is C25H30N2O3. The molecule has 1 saturated carbocycles. The van der Waals surface area contributed by atoms with Gasteiger partial charge < -0.3 is 15.0 Å². The molecule has 2 fully saturated rings. The minimum atomic E-state index is -0.549. The molecule has 2 amide bonds. The molecule has 5 nitrogen and oxygen atoms in total. The summed E-state index contributed by atoms with van der Waals surface area (Å²) in [5.41, 5.74) is 2.69. The lowest BCUT2D eigenvalue weighted by Crippen LogP contribution is -2.45. The van der Waals surface area contributed by atoms with Crippen LogP contribution >= 0.6 is 0 Å². The fraction of sp³-hybridized carbons (Fsp3) is 0.440. The average molecular weight is 407 g/mol. The molecule has 0 unspecified atom stereocenters. The van der Waals surface area contributed by atoms with Crippen LogP contribution < -0.4 is 10.1 Å². The van der Waals surface area contributed by atoms with Crippen LogP contribution in [0.15, 0.2) is 48.5 Å². The van der Waals surface area contributed by atoms with E-state index < -0.39 is 5.41 Å². The second kappa shape index (κ2) is 8.50. The average Bonchev–Trinajstić information content (AvgIpc) is 3.54. The van der Waals surface area contributed by atoms with Crippen molar-refractivity contribution >= 4 is 11.8 Å². The third-order valence-corrected chi connectivity index (χ3v) is 6.33. The van der Waals surface area contributed by atoms with Gasteiger partial charge in [-0.15, -0.1) is 0 Å². The van der Waals surface area contributed by atoms with E-state index in [1.54, 1.807) is 7.11 Å². The summed E-state index contributed by atoms with van der Waals surface area (Å²) in [5, 5.41) is 3.01. The molecule has 1 N–H and O–H groups in total. The van der Waals surface area contributed by atoms with Gasteiger partial charge in [-0.2, -0.15) is 0 Å². The third kappa shape index (κ3) is 4.07. The number of likely N-dealkylation sites (tertiary alicyclic amines) is 1. The predicted molar refractivity (Wildman–Crippen MR) is 117 cm³/mol. The van der Waals surface area contributed by atoms with Crippen molar-refractivity contribution in [2.24, 2.45) is 11.3 Å². The molecule has 1 aliphatic carbocycles. The van der Waals surface area contributed by atoms with Crippen molar-refractivity contribution in [3.8, 4) is 16.9 Å². The van der Waals surface area contributed by atoms with Gasteiger partial charge in [0.25, 0.3) is 0 Å². The van der Waals surface area contributed by atoms with Gasteiger partial charge >= 0.3 is 0 Å². The van der Waals surface area contributed by atoms with Gasteiger partial charge in [-0.05, 0) is 49.8 Å². The highest BCUT2D eigenvalue weighted by Gasteiger charge is 2.47. The summed E-state index contributed by atoms with van der Waals surface area (Å²) >= 11 is 0. The summed E-state index contributed by atoms with van der Waals surface area (Å²) in [6.07, 6.45) is 3.34. The molecule has 2 aromatic rings. The number of nitrogens with one attached hydrogen (secondary N) is 1. The highest BCUT2D eigenvalue weighted by molar-refractivity contribution is 5.87. The topological polar surface area (TPSA) is 58.6 Å². The van der Waals surface area contributed by atoms with Gasteiger partial charge in [0, 0.05) is 31.1 Å². The maximum absolute atomic E-state index is 13.0. The lowest BCUT2D eigenvalue weighted by Gasteiger charge is -2.28. The van der Waals surface area contributed by atoms with Crippen molar-refractivity contribution in [3.05, 3.63) is 54.1 Å². The number of amides is 2. The number of ether oxygens (including phenoxy) is 1. The van der Waals surface area contributed by atoms with E-state index in [4.69, 9.17) is 4.74 Å². The summed E-state index contributed by atoms with van der Waals surface area (Å²) in [6.45, 7) is 3.73. The first-order valence-electron chi connectivity index (χ1n) is 10.9. The molecule has 0 aromatic heterocycles. The van der Waals surface area contributed by atoms with E-state index in [0.717, 1.165) is 35.3 Å². The van der Waals surface area contributed by atoms with Crippen molar-refractivity contribution in [1.82, 2.24) is 10.2 Å². The van der Waals surface area contributed by atoms with Gasteiger partial charge in [0.15, 0.2) is 0 Å². The Morgan fingerprint density at radius 2 is 1.87 bits per heavy atom. The number of methoxy groups -OCH3 is 1. The Balaban J connectivity index is 1.54. The largest absolute Gasteiger partial charge is 0.496 e. The van der Waals surface area contributed by atoms with Crippen LogP contribution in [0.2, 0.25) is 0 Å². The van der Waals surface area contributed by atoms with E-state index in [-0.39, 0.29) is 17.7 Å². The van der Waals surface area contributed by atoms with Gasteiger partial charge in [-0.1, -0.05) is 42.5 Å². The standard InChI is InChI=1S/C25H30N2O3/c1-3-26-24(29)25(14-15-27(17-25)23(28)20-12-13-20)16-18-8-10-19(11-9-18)21-6-4-5-7-22(21)30-2/h4-11,20H,3,12-17H2,1-2H3,(H,26,29)/t25-/m0/s1. The zero-order valence-corrected chi connectivity index (χ0v) is 17.8. The van der Waals surface area contributed by atoms with Gasteiger partial charge in [0.2, 0.25) is 11.8 Å². The number of carbonyl (C=O) groups excluding carboxylic acids is 2. The molecule has 2 aliphatic rings. The van der Waals surface area contributed by atoms with Gasteiger partial charge in [-0.25, -0.2) is 0 Å². The Bertz CT molecular complexity index is 920. The zero-order chi connectivity index (χ0) is 21.1. The molecule has 1 saturated heterocycles. The van der Waals surface area contributed by atoms with Crippen LogP contribution in [0.3, 0.4) is 0 Å². The van der Waals surface area contributed by atoms with E-state index in [2.05, 4.69) is 29.6 Å². The van der Waals surface area contributed by atoms with Gasteiger partial charge in [-0.3, -0.25) is 9.59 Å². The van der Waals surface area contributed by atoms with Crippen molar-refractivity contribution in [1.29, 1.82) is 0 Å². The van der Waals surface area contributed by atoms with E-state index in [9.17, 15) is 9.59 Å². The molecule has 1 atom stereocenters. The number of hydrogen-bond acceptors (Lipinski definition) is 3. The summed E-state index contributed by atoms with van der Waals surface area (Å²) in [5.74, 6) is 1.32. The van der Waals surface area contributed by atoms with Crippen molar-refractivity contribution in [2.75, 3.05) is 26.7 Å². The molecule has 30 heavy (non-hydrogen) atoms. The molecule has 0 radical (unpaired) electrons. The zero-order valence-electron chi connectivity index (χ0n) is 17.8. The molecule has 0 spiro atoms. The maximum atomic E-state index is 13.0. The van der Waals surface area contributed by atoms with Gasteiger partial charge in [0.05, 0.1) is 12.5 Å². The second-order valence-electron chi connectivity index (χ2n) is 8.50. The lowest BCUT2D eigenvalue weighted by molar-refractivity contribution is -0.134. The second-order valence-corrected chi connectivity index (χ2v) is 8.50. The number of benzene rings is 2. The summed E-state index contributed by atoms with van der Waals surface area (Å²) < 4.78 is 5.48. The maximum Gasteiger partial charge on any atom is 0.228 e. The van der Waals surface area contributed by atoms with Crippen molar-refractivity contribution < 1.29 is 14.3 Å². The normalized spacial score (nSPS) is 20.8. The molecule has 158 valence electrons. The number of carbonyl (C=O) groups is 2. The number of para-hydroxylation sites is 1. The molecule has 2 aromatic carbocycles. The van der Waals surface area contributed by atoms with E-state index in [1.807, 2.05) is 36.1 Å². The Kier molecular flexibility index (Phi) is 5.80. The first kappa shape index (κ1) is 20.5. The van der Waals surface area contributed by atoms with Crippen LogP contribution in [0.5, 0.6) is 5.75 Å². The number of hydrogen-bond donors (Lipinski definition) is 1. The Hall–Kier alpha value is -2.82. The van der Waals surface area contributed by atoms with Crippen LogP contribution in [0.1, 0.15) is 31.7 Å². The highest BCUT2D eigenvalue weighted by Crippen LogP contribution is 2.39. The monoisotopic (exact) mass is 406 g/mol. The smallest absolute Gasteiger partial charge is 0.228 e. The Morgan fingerprint density at radius 3 is 2.53 bits per heavy atom. The SMILES string of the molecule is CCNC(=O)[C@]1(Cc2ccc(-c3ccccc3OC)cc2)CCN(C(=O)C2CC2)C1. The first-order chi connectivity index (χ1) is 14.6. The van der Waals surface area contributed by atoms with Crippen molar-refractivity contribution in [3.63, 3.8) is 0 Å². The van der Waals surface area contributed by atoms with Crippen LogP contribution in [0.4, 0.5) is 0 Å². The molecule has 0 bridgehead atoms. The van der Waals surface area contributed by atoms with E-state index in [1.165, 1.54) is 0 Å².